The summed E-state index contributed by atoms with van der Waals surface area (Å²) in [5.74, 6) is -0.410. The number of carbonyl (C=O) groups excluding carboxylic acids is 1. The molecule has 0 aromatic heterocycles. The van der Waals surface area contributed by atoms with Crippen molar-refractivity contribution in [2.75, 3.05) is 5.75 Å². The standard InChI is InChI=1S/C3H6ClNO2S.Na.H/c4-7-3(6)2(5)1-8;;/h2,8H,1,5H2;;/q;+1;-1/t2-;;/m0../s1. The van der Waals surface area contributed by atoms with Crippen molar-refractivity contribution in [2.24, 2.45) is 5.73 Å². The summed E-state index contributed by atoms with van der Waals surface area (Å²) in [5.41, 5.74) is 5.09. The molecule has 9 heavy (non-hydrogen) atoms. The molecule has 0 aliphatic rings. The van der Waals surface area contributed by atoms with E-state index >= 15 is 0 Å². The van der Waals surface area contributed by atoms with Crippen LogP contribution in [0.1, 0.15) is 1.43 Å². The van der Waals surface area contributed by atoms with Gasteiger partial charge in [0.15, 0.2) is 0 Å². The van der Waals surface area contributed by atoms with Gasteiger partial charge in [0.2, 0.25) is 0 Å². The normalized spacial score (nSPS) is 11.4. The molecule has 3 nitrogen and oxygen atoms in total. The molecule has 0 saturated heterocycles. The van der Waals surface area contributed by atoms with Crippen LogP contribution in [-0.4, -0.2) is 17.8 Å². The Morgan fingerprint density at radius 2 is 2.44 bits per heavy atom. The molecule has 0 rings (SSSR count). The van der Waals surface area contributed by atoms with Crippen LogP contribution in [0.15, 0.2) is 0 Å². The van der Waals surface area contributed by atoms with Gasteiger partial charge in [0.1, 0.15) is 17.9 Å². The molecule has 2 N–H and O–H groups in total. The summed E-state index contributed by atoms with van der Waals surface area (Å²) in [6.07, 6.45) is 0. The minimum atomic E-state index is -0.712. The zero-order valence-electron chi connectivity index (χ0n) is 6.00. The molecule has 0 aromatic carbocycles. The number of thiol groups is 1. The van der Waals surface area contributed by atoms with Crippen LogP contribution in [0.4, 0.5) is 0 Å². The van der Waals surface area contributed by atoms with E-state index in [1.165, 1.54) is 0 Å². The average molecular weight is 180 g/mol. The molecule has 0 radical (unpaired) electrons. The smallest absolute Gasteiger partial charge is 1.00 e. The third kappa shape index (κ3) is 5.51. The minimum Gasteiger partial charge on any atom is -1.00 e. The molecule has 0 aromatic rings. The quantitative estimate of drug-likeness (QED) is 0.352. The fraction of sp³-hybridized carbons (Fsp3) is 0.667. The molecular formula is C3H7ClNNaO2S. The van der Waals surface area contributed by atoms with Crippen molar-refractivity contribution < 1.29 is 40.1 Å². The van der Waals surface area contributed by atoms with Gasteiger partial charge in [-0.25, -0.2) is 4.79 Å². The van der Waals surface area contributed by atoms with E-state index in [-0.39, 0.29) is 36.7 Å². The van der Waals surface area contributed by atoms with Crippen LogP contribution in [0.2, 0.25) is 0 Å². The van der Waals surface area contributed by atoms with Crippen LogP contribution in [-0.2, 0) is 9.08 Å². The summed E-state index contributed by atoms with van der Waals surface area (Å²) in [6.45, 7) is 0. The Labute approximate surface area is 87.6 Å². The van der Waals surface area contributed by atoms with Gasteiger partial charge in [-0.15, -0.1) is 0 Å². The summed E-state index contributed by atoms with van der Waals surface area (Å²) in [7, 11) is 0. The van der Waals surface area contributed by atoms with Crippen molar-refractivity contribution in [1.29, 1.82) is 0 Å². The van der Waals surface area contributed by atoms with Gasteiger partial charge >= 0.3 is 35.5 Å². The van der Waals surface area contributed by atoms with E-state index in [9.17, 15) is 4.79 Å². The largest absolute Gasteiger partial charge is 1.00 e. The van der Waals surface area contributed by atoms with E-state index in [1.54, 1.807) is 0 Å². The molecule has 0 fully saturated rings. The van der Waals surface area contributed by atoms with Crippen LogP contribution in [0.5, 0.6) is 0 Å². The number of rotatable bonds is 2. The van der Waals surface area contributed by atoms with Gasteiger partial charge in [-0.3, -0.25) is 0 Å². The fourth-order valence-electron chi connectivity index (χ4n) is 0.132. The first-order chi connectivity index (χ1) is 3.72. The predicted octanol–water partition coefficient (Wildman–Crippen LogP) is -2.94. The molecule has 1 atom stereocenters. The maximum Gasteiger partial charge on any atom is 1.00 e. The van der Waals surface area contributed by atoms with Crippen molar-refractivity contribution in [1.82, 2.24) is 0 Å². The second kappa shape index (κ2) is 7.18. The summed E-state index contributed by atoms with van der Waals surface area (Å²) >= 11 is 8.39. The molecule has 0 aliphatic heterocycles. The maximum atomic E-state index is 10.2. The zero-order chi connectivity index (χ0) is 6.57. The Balaban J connectivity index is -0.000000245. The number of halogens is 1. The van der Waals surface area contributed by atoms with Crippen LogP contribution >= 0.6 is 24.5 Å². The van der Waals surface area contributed by atoms with Crippen molar-refractivity contribution in [3.8, 4) is 0 Å². The van der Waals surface area contributed by atoms with Gasteiger partial charge in [-0.2, -0.15) is 12.6 Å². The Morgan fingerprint density at radius 3 is 2.56 bits per heavy atom. The maximum absolute atomic E-state index is 10.2. The van der Waals surface area contributed by atoms with Gasteiger partial charge in [0.05, 0.1) is 0 Å². The zero-order valence-corrected chi connectivity index (χ0v) is 8.65. The van der Waals surface area contributed by atoms with Crippen LogP contribution in [0.3, 0.4) is 0 Å². The van der Waals surface area contributed by atoms with Crippen molar-refractivity contribution in [2.45, 2.75) is 6.04 Å². The van der Waals surface area contributed by atoms with Crippen LogP contribution in [0.25, 0.3) is 0 Å². The molecular weight excluding hydrogens is 173 g/mol. The second-order valence-electron chi connectivity index (χ2n) is 1.19. The summed E-state index contributed by atoms with van der Waals surface area (Å²) in [4.78, 5) is 10.2. The van der Waals surface area contributed by atoms with Gasteiger partial charge in [-0.1, -0.05) is 0 Å². The fourth-order valence-corrected chi connectivity index (χ4v) is 0.395. The molecule has 50 valence electrons. The van der Waals surface area contributed by atoms with E-state index in [0.717, 1.165) is 0 Å². The SMILES string of the molecule is N[C@@H](CS)C(=O)OCl.[H-].[Na+]. The van der Waals surface area contributed by atoms with Gasteiger partial charge in [-0.05, 0) is 0 Å². The Bertz CT molecular complexity index is 98.6. The van der Waals surface area contributed by atoms with Crippen molar-refractivity contribution in [3.63, 3.8) is 0 Å². The first kappa shape index (κ1) is 12.7. The van der Waals surface area contributed by atoms with Gasteiger partial charge in [0, 0.05) is 5.75 Å². The first-order valence-corrected chi connectivity index (χ1v) is 2.85. The topological polar surface area (TPSA) is 52.3 Å². The van der Waals surface area contributed by atoms with Crippen molar-refractivity contribution >= 4 is 30.5 Å². The van der Waals surface area contributed by atoms with E-state index < -0.39 is 12.0 Å². The van der Waals surface area contributed by atoms with E-state index in [2.05, 4.69) is 28.8 Å². The van der Waals surface area contributed by atoms with E-state index in [0.29, 0.717) is 0 Å². The monoisotopic (exact) mass is 179 g/mol. The molecule has 6 heteroatoms. The van der Waals surface area contributed by atoms with Crippen molar-refractivity contribution in [3.05, 3.63) is 0 Å². The predicted molar refractivity (Wildman–Crippen MR) is 34.9 cm³/mol. The molecule has 0 amide bonds. The molecule has 0 aliphatic carbocycles. The van der Waals surface area contributed by atoms with Crippen LogP contribution < -0.4 is 35.3 Å². The molecule has 0 unspecified atom stereocenters. The van der Waals surface area contributed by atoms with Gasteiger partial charge < -0.3 is 11.4 Å². The van der Waals surface area contributed by atoms with Gasteiger partial charge in [0.25, 0.3) is 0 Å². The Hall–Kier alpha value is 1.07. The third-order valence-electron chi connectivity index (χ3n) is 0.575. The molecule has 0 saturated carbocycles. The van der Waals surface area contributed by atoms with Crippen LogP contribution in [0, 0.1) is 0 Å². The molecule has 0 spiro atoms. The first-order valence-electron chi connectivity index (χ1n) is 1.91. The summed E-state index contributed by atoms with van der Waals surface area (Å²) < 4.78 is 3.76. The number of hydrogen-bond donors (Lipinski definition) is 2. The minimum absolute atomic E-state index is 0. The summed E-state index contributed by atoms with van der Waals surface area (Å²) in [5, 5.41) is 0. The second-order valence-corrected chi connectivity index (χ2v) is 1.70. The Kier molecular flexibility index (Phi) is 10.1. The molecule has 0 heterocycles. The average Bonchev–Trinajstić information content (AvgIpc) is 1.84. The third-order valence-corrected chi connectivity index (χ3v) is 1.12. The summed E-state index contributed by atoms with van der Waals surface area (Å²) in [6, 6.07) is -0.712. The number of nitrogens with two attached hydrogens (primary N) is 1. The number of hydrogen-bond acceptors (Lipinski definition) is 4. The number of carbonyl (C=O) groups is 1. The van der Waals surface area contributed by atoms with E-state index in [1.807, 2.05) is 0 Å². The Morgan fingerprint density at radius 1 is 2.00 bits per heavy atom. The molecule has 0 bridgehead atoms. The van der Waals surface area contributed by atoms with E-state index in [4.69, 9.17) is 5.73 Å².